The summed E-state index contributed by atoms with van der Waals surface area (Å²) in [6.45, 7) is 1.21. The van der Waals surface area contributed by atoms with Crippen molar-refractivity contribution >= 4 is 16.1 Å². The fourth-order valence-electron chi connectivity index (χ4n) is 1.96. The van der Waals surface area contributed by atoms with Gasteiger partial charge in [-0.1, -0.05) is 6.07 Å². The Hall–Kier alpha value is -1.51. The van der Waals surface area contributed by atoms with Gasteiger partial charge < -0.3 is 4.90 Å². The lowest BCUT2D eigenvalue weighted by Gasteiger charge is -2.32. The third-order valence-corrected chi connectivity index (χ3v) is 4.09. The highest BCUT2D eigenvalue weighted by molar-refractivity contribution is 7.86. The summed E-state index contributed by atoms with van der Waals surface area (Å²) >= 11 is 0. The Morgan fingerprint density at radius 3 is 2.47 bits per heavy atom. The molecule has 7 nitrogen and oxygen atoms in total. The molecule has 0 atom stereocenters. The molecule has 1 aromatic heterocycles. The molecule has 1 saturated heterocycles. The molecular weight excluding hydrogens is 268 g/mol. The van der Waals surface area contributed by atoms with E-state index < -0.39 is 10.2 Å². The normalized spacial score (nSPS) is 17.4. The summed E-state index contributed by atoms with van der Waals surface area (Å²) in [5.41, 5.74) is 0.710. The molecule has 1 aromatic rings. The third-order valence-electron chi connectivity index (χ3n) is 3.01. The van der Waals surface area contributed by atoms with Gasteiger partial charge in [0.2, 0.25) is 5.91 Å². The number of hydrogen-bond acceptors (Lipinski definition) is 4. The van der Waals surface area contributed by atoms with Crippen molar-refractivity contribution in [2.45, 2.75) is 6.42 Å². The van der Waals surface area contributed by atoms with E-state index in [-0.39, 0.29) is 25.4 Å². The molecular formula is C11H16N4O3S. The molecule has 2 N–H and O–H groups in total. The number of carbonyl (C=O) groups excluding carboxylic acids is 1. The molecule has 1 aliphatic heterocycles. The van der Waals surface area contributed by atoms with Gasteiger partial charge in [-0.15, -0.1) is 0 Å². The van der Waals surface area contributed by atoms with Crippen molar-refractivity contribution in [3.8, 4) is 0 Å². The van der Waals surface area contributed by atoms with Gasteiger partial charge in [0.05, 0.1) is 6.42 Å². The van der Waals surface area contributed by atoms with E-state index >= 15 is 0 Å². The second-order valence-electron chi connectivity index (χ2n) is 4.32. The zero-order valence-corrected chi connectivity index (χ0v) is 11.2. The Labute approximate surface area is 112 Å². The minimum Gasteiger partial charge on any atom is -0.340 e. The van der Waals surface area contributed by atoms with Crippen LogP contribution in [0.3, 0.4) is 0 Å². The number of nitrogens with zero attached hydrogens (tertiary/aromatic N) is 3. The van der Waals surface area contributed by atoms with Crippen molar-refractivity contribution in [2.24, 2.45) is 5.14 Å². The van der Waals surface area contributed by atoms with Crippen LogP contribution < -0.4 is 5.14 Å². The van der Waals surface area contributed by atoms with E-state index in [1.54, 1.807) is 23.2 Å². The first kappa shape index (κ1) is 13.9. The Balaban J connectivity index is 1.90. The Morgan fingerprint density at radius 2 is 1.95 bits per heavy atom. The molecule has 2 rings (SSSR count). The quantitative estimate of drug-likeness (QED) is 0.767. The maximum atomic E-state index is 12.0. The number of amides is 1. The van der Waals surface area contributed by atoms with Crippen LogP contribution in [-0.4, -0.2) is 54.7 Å². The smallest absolute Gasteiger partial charge is 0.277 e. The lowest BCUT2D eigenvalue weighted by molar-refractivity contribution is -0.131. The molecule has 8 heteroatoms. The van der Waals surface area contributed by atoms with Crippen LogP contribution in [0.1, 0.15) is 5.69 Å². The average molecular weight is 284 g/mol. The predicted molar refractivity (Wildman–Crippen MR) is 69.2 cm³/mol. The molecule has 2 heterocycles. The zero-order valence-electron chi connectivity index (χ0n) is 10.4. The second kappa shape index (κ2) is 5.64. The maximum absolute atomic E-state index is 12.0. The maximum Gasteiger partial charge on any atom is 0.277 e. The van der Waals surface area contributed by atoms with Gasteiger partial charge in [-0.25, -0.2) is 5.14 Å². The second-order valence-corrected chi connectivity index (χ2v) is 5.87. The molecule has 1 fully saturated rings. The lowest BCUT2D eigenvalue weighted by Crippen LogP contribution is -2.52. The van der Waals surface area contributed by atoms with Gasteiger partial charge in [0.1, 0.15) is 0 Å². The van der Waals surface area contributed by atoms with Crippen molar-refractivity contribution in [3.05, 3.63) is 30.1 Å². The SMILES string of the molecule is NS(=O)(=O)N1CCN(C(=O)Cc2ccccn2)CC1. The molecule has 0 radical (unpaired) electrons. The van der Waals surface area contributed by atoms with E-state index in [2.05, 4.69) is 4.98 Å². The van der Waals surface area contributed by atoms with Gasteiger partial charge >= 0.3 is 0 Å². The Kier molecular flexibility index (Phi) is 4.13. The van der Waals surface area contributed by atoms with E-state index in [1.165, 1.54) is 4.31 Å². The topological polar surface area (TPSA) is 96.6 Å². The van der Waals surface area contributed by atoms with Crippen LogP contribution in [0.4, 0.5) is 0 Å². The van der Waals surface area contributed by atoms with E-state index in [0.29, 0.717) is 18.8 Å². The molecule has 104 valence electrons. The van der Waals surface area contributed by atoms with Gasteiger partial charge in [-0.3, -0.25) is 9.78 Å². The monoisotopic (exact) mass is 284 g/mol. The van der Waals surface area contributed by atoms with Crippen molar-refractivity contribution in [2.75, 3.05) is 26.2 Å². The van der Waals surface area contributed by atoms with Gasteiger partial charge in [-0.2, -0.15) is 12.7 Å². The number of hydrogen-bond donors (Lipinski definition) is 1. The molecule has 0 saturated carbocycles. The average Bonchev–Trinajstić information content (AvgIpc) is 2.39. The summed E-state index contributed by atoms with van der Waals surface area (Å²) in [6.07, 6.45) is 1.87. The zero-order chi connectivity index (χ0) is 13.9. The van der Waals surface area contributed by atoms with E-state index in [9.17, 15) is 13.2 Å². The highest BCUT2D eigenvalue weighted by Crippen LogP contribution is 2.07. The first-order valence-corrected chi connectivity index (χ1v) is 7.43. The molecule has 0 bridgehead atoms. The fraction of sp³-hybridized carbons (Fsp3) is 0.455. The summed E-state index contributed by atoms with van der Waals surface area (Å²) in [5, 5.41) is 5.04. The summed E-state index contributed by atoms with van der Waals surface area (Å²) < 4.78 is 23.5. The van der Waals surface area contributed by atoms with Crippen LogP contribution >= 0.6 is 0 Å². The molecule has 0 aliphatic carbocycles. The molecule has 19 heavy (non-hydrogen) atoms. The highest BCUT2D eigenvalue weighted by atomic mass is 32.2. The van der Waals surface area contributed by atoms with Crippen LogP contribution in [0.15, 0.2) is 24.4 Å². The van der Waals surface area contributed by atoms with E-state index in [1.807, 2.05) is 6.07 Å². The third kappa shape index (κ3) is 3.72. The first-order valence-electron chi connectivity index (χ1n) is 5.92. The summed E-state index contributed by atoms with van der Waals surface area (Å²) in [7, 11) is -3.65. The van der Waals surface area contributed by atoms with Crippen LogP contribution in [0.2, 0.25) is 0 Å². The summed E-state index contributed by atoms with van der Waals surface area (Å²) in [5.74, 6) is -0.0484. The van der Waals surface area contributed by atoms with Crippen LogP contribution in [0.5, 0.6) is 0 Å². The number of carbonyl (C=O) groups is 1. The summed E-state index contributed by atoms with van der Waals surface area (Å²) in [4.78, 5) is 17.7. The van der Waals surface area contributed by atoms with Crippen molar-refractivity contribution in [1.29, 1.82) is 0 Å². The highest BCUT2D eigenvalue weighted by Gasteiger charge is 2.26. The van der Waals surface area contributed by atoms with Crippen molar-refractivity contribution in [1.82, 2.24) is 14.2 Å². The van der Waals surface area contributed by atoms with Crippen LogP contribution in [0, 0.1) is 0 Å². The molecule has 0 unspecified atom stereocenters. The fourth-order valence-corrected chi connectivity index (χ4v) is 2.63. The largest absolute Gasteiger partial charge is 0.340 e. The molecule has 1 amide bonds. The van der Waals surface area contributed by atoms with Crippen molar-refractivity contribution < 1.29 is 13.2 Å². The van der Waals surface area contributed by atoms with Gasteiger partial charge in [-0.05, 0) is 12.1 Å². The molecule has 0 aromatic carbocycles. The number of nitrogens with two attached hydrogens (primary N) is 1. The van der Waals surface area contributed by atoms with Gasteiger partial charge in [0.25, 0.3) is 10.2 Å². The first-order chi connectivity index (χ1) is 8.97. The van der Waals surface area contributed by atoms with E-state index in [0.717, 1.165) is 0 Å². The van der Waals surface area contributed by atoms with Gasteiger partial charge in [0.15, 0.2) is 0 Å². The lowest BCUT2D eigenvalue weighted by atomic mass is 10.2. The molecule has 0 spiro atoms. The number of piperazine rings is 1. The van der Waals surface area contributed by atoms with Gasteiger partial charge in [0, 0.05) is 38.1 Å². The Morgan fingerprint density at radius 1 is 1.26 bits per heavy atom. The predicted octanol–water partition coefficient (Wildman–Crippen LogP) is -1.03. The van der Waals surface area contributed by atoms with Crippen LogP contribution in [0.25, 0.3) is 0 Å². The van der Waals surface area contributed by atoms with Crippen LogP contribution in [-0.2, 0) is 21.4 Å². The standard InChI is InChI=1S/C11H16N4O3S/c12-19(17,18)15-7-5-14(6-8-15)11(16)9-10-3-1-2-4-13-10/h1-4H,5-9H2,(H2,12,17,18). The number of pyridine rings is 1. The Bertz CT molecular complexity index is 538. The molecule has 1 aliphatic rings. The minimum atomic E-state index is -3.65. The number of aromatic nitrogens is 1. The minimum absolute atomic E-state index is 0.0484. The van der Waals surface area contributed by atoms with E-state index in [4.69, 9.17) is 5.14 Å². The summed E-state index contributed by atoms with van der Waals surface area (Å²) in [6, 6.07) is 5.41. The number of rotatable bonds is 3. The van der Waals surface area contributed by atoms with Crippen molar-refractivity contribution in [3.63, 3.8) is 0 Å².